The lowest BCUT2D eigenvalue weighted by Gasteiger charge is -2.12. The molecule has 1 heterocycles. The highest BCUT2D eigenvalue weighted by atomic mass is 16.3. The third kappa shape index (κ3) is 3.38. The van der Waals surface area contributed by atoms with Crippen LogP contribution in [0.25, 0.3) is 11.0 Å². The van der Waals surface area contributed by atoms with E-state index < -0.39 is 12.0 Å². The highest BCUT2D eigenvalue weighted by Gasteiger charge is 2.11. The van der Waals surface area contributed by atoms with Gasteiger partial charge in [0.05, 0.1) is 23.7 Å². The summed E-state index contributed by atoms with van der Waals surface area (Å²) in [5, 5.41) is 12.7. The maximum Gasteiger partial charge on any atom is 0.248 e. The number of hydrogen-bond donors (Lipinski definition) is 3. The van der Waals surface area contributed by atoms with Crippen LogP contribution in [0.15, 0.2) is 48.5 Å². The number of rotatable bonds is 6. The molecule has 6 heteroatoms. The van der Waals surface area contributed by atoms with Gasteiger partial charge in [0, 0.05) is 12.1 Å². The minimum Gasteiger partial charge on any atom is -0.392 e. The molecule has 4 N–H and O–H groups in total. The number of aliphatic hydroxyl groups is 1. The van der Waals surface area contributed by atoms with Crippen molar-refractivity contribution >= 4 is 22.9 Å². The van der Waals surface area contributed by atoms with Gasteiger partial charge in [0.2, 0.25) is 11.9 Å². The van der Waals surface area contributed by atoms with Crippen molar-refractivity contribution in [1.29, 1.82) is 0 Å². The smallest absolute Gasteiger partial charge is 0.248 e. The Morgan fingerprint density at radius 1 is 1.25 bits per heavy atom. The van der Waals surface area contributed by atoms with Crippen LogP contribution in [0.5, 0.6) is 0 Å². The molecule has 0 radical (unpaired) electrons. The Labute approximate surface area is 139 Å². The maximum atomic E-state index is 11.2. The second kappa shape index (κ2) is 6.72. The topological polar surface area (TPSA) is 93.2 Å². The lowest BCUT2D eigenvalue weighted by Crippen LogP contribution is -2.18. The first-order valence-electron chi connectivity index (χ1n) is 7.80. The van der Waals surface area contributed by atoms with Gasteiger partial charge in [0.25, 0.3) is 0 Å². The Kier molecular flexibility index (Phi) is 4.48. The number of hydrogen-bond acceptors (Lipinski definition) is 4. The van der Waals surface area contributed by atoms with E-state index in [0.717, 1.165) is 16.6 Å². The van der Waals surface area contributed by atoms with Crippen molar-refractivity contribution in [1.82, 2.24) is 9.55 Å². The number of primary amides is 1. The van der Waals surface area contributed by atoms with Crippen LogP contribution in [0.1, 0.15) is 22.8 Å². The average molecular weight is 324 g/mol. The number of carbonyl (C=O) groups is 1. The zero-order valence-electron chi connectivity index (χ0n) is 13.4. The highest BCUT2D eigenvalue weighted by molar-refractivity contribution is 5.92. The Morgan fingerprint density at radius 2 is 1.96 bits per heavy atom. The number of nitrogens with one attached hydrogen (secondary N) is 1. The summed E-state index contributed by atoms with van der Waals surface area (Å²) in [7, 11) is 0. The van der Waals surface area contributed by atoms with Crippen molar-refractivity contribution in [2.45, 2.75) is 19.6 Å². The van der Waals surface area contributed by atoms with Crippen LogP contribution in [0.4, 0.5) is 5.95 Å². The van der Waals surface area contributed by atoms with Gasteiger partial charge in [-0.1, -0.05) is 24.3 Å². The molecule has 1 unspecified atom stereocenters. The number of anilines is 1. The molecule has 3 rings (SSSR count). The van der Waals surface area contributed by atoms with E-state index in [1.165, 1.54) is 0 Å². The minimum absolute atomic E-state index is 0.421. The first-order valence-corrected chi connectivity index (χ1v) is 7.80. The standard InChI is InChI=1S/C18H20N4O2/c1-12(23)10-20-18-21-15-4-2-3-5-16(15)22(18)11-13-6-8-14(9-7-13)17(19)24/h2-9,12,23H,10-11H2,1H3,(H2,19,24)(H,20,21). The van der Waals surface area contributed by atoms with Gasteiger partial charge < -0.3 is 20.7 Å². The van der Waals surface area contributed by atoms with Gasteiger partial charge in [-0.2, -0.15) is 0 Å². The van der Waals surface area contributed by atoms with E-state index in [-0.39, 0.29) is 0 Å². The quantitative estimate of drug-likeness (QED) is 0.646. The zero-order chi connectivity index (χ0) is 17.1. The normalized spacial score (nSPS) is 12.2. The lowest BCUT2D eigenvalue weighted by atomic mass is 10.1. The number of nitrogens with zero attached hydrogens (tertiary/aromatic N) is 2. The van der Waals surface area contributed by atoms with Gasteiger partial charge in [-0.25, -0.2) is 4.98 Å². The monoisotopic (exact) mass is 324 g/mol. The van der Waals surface area contributed by atoms with E-state index in [1.54, 1.807) is 19.1 Å². The van der Waals surface area contributed by atoms with Gasteiger partial charge in [-0.05, 0) is 36.8 Å². The molecule has 124 valence electrons. The van der Waals surface area contributed by atoms with E-state index in [4.69, 9.17) is 5.73 Å². The van der Waals surface area contributed by atoms with Crippen LogP contribution >= 0.6 is 0 Å². The molecule has 0 saturated heterocycles. The molecule has 0 bridgehead atoms. The first-order chi connectivity index (χ1) is 11.5. The number of carbonyl (C=O) groups excluding carboxylic acids is 1. The highest BCUT2D eigenvalue weighted by Crippen LogP contribution is 2.21. The van der Waals surface area contributed by atoms with E-state index >= 15 is 0 Å². The fraction of sp³-hybridized carbons (Fsp3) is 0.222. The van der Waals surface area contributed by atoms with Crippen LogP contribution in [0, 0.1) is 0 Å². The van der Waals surface area contributed by atoms with Crippen LogP contribution in [-0.2, 0) is 6.54 Å². The van der Waals surface area contributed by atoms with Crippen LogP contribution in [0.2, 0.25) is 0 Å². The number of imidazole rings is 1. The van der Waals surface area contributed by atoms with Gasteiger partial charge in [0.15, 0.2) is 0 Å². The zero-order valence-corrected chi connectivity index (χ0v) is 13.4. The molecule has 0 aliphatic rings. The molecule has 6 nitrogen and oxygen atoms in total. The Morgan fingerprint density at radius 3 is 2.62 bits per heavy atom. The molecule has 0 aliphatic heterocycles. The molecule has 2 aromatic carbocycles. The Bertz CT molecular complexity index is 853. The fourth-order valence-electron chi connectivity index (χ4n) is 2.57. The number of aromatic nitrogens is 2. The van der Waals surface area contributed by atoms with Crippen molar-refractivity contribution in [2.24, 2.45) is 5.73 Å². The summed E-state index contributed by atoms with van der Waals surface area (Å²) in [6, 6.07) is 15.1. The molecule has 24 heavy (non-hydrogen) atoms. The molecule has 1 atom stereocenters. The van der Waals surface area contributed by atoms with E-state index in [2.05, 4.69) is 14.9 Å². The second-order valence-electron chi connectivity index (χ2n) is 5.80. The number of aliphatic hydroxyl groups excluding tert-OH is 1. The number of fused-ring (bicyclic) bond motifs is 1. The van der Waals surface area contributed by atoms with Gasteiger partial charge >= 0.3 is 0 Å². The first kappa shape index (κ1) is 16.0. The van der Waals surface area contributed by atoms with Crippen LogP contribution < -0.4 is 11.1 Å². The number of amides is 1. The third-order valence-electron chi connectivity index (χ3n) is 3.79. The average Bonchev–Trinajstić information content (AvgIpc) is 2.91. The van der Waals surface area contributed by atoms with Crippen molar-refractivity contribution in [3.05, 3.63) is 59.7 Å². The largest absolute Gasteiger partial charge is 0.392 e. The maximum absolute atomic E-state index is 11.2. The molecule has 0 fully saturated rings. The summed E-state index contributed by atoms with van der Waals surface area (Å²) in [6.45, 7) is 2.74. The molecule has 0 saturated carbocycles. The van der Waals surface area contributed by atoms with Gasteiger partial charge in [0.1, 0.15) is 0 Å². The molecular formula is C18H20N4O2. The molecular weight excluding hydrogens is 304 g/mol. The van der Waals surface area contributed by atoms with E-state index in [9.17, 15) is 9.90 Å². The summed E-state index contributed by atoms with van der Waals surface area (Å²) in [6.07, 6.45) is -0.465. The fourth-order valence-corrected chi connectivity index (χ4v) is 2.57. The summed E-state index contributed by atoms with van der Waals surface area (Å²) in [4.78, 5) is 15.8. The van der Waals surface area contributed by atoms with Gasteiger partial charge in [-0.15, -0.1) is 0 Å². The summed E-state index contributed by atoms with van der Waals surface area (Å²) >= 11 is 0. The molecule has 1 amide bonds. The molecule has 3 aromatic rings. The Hall–Kier alpha value is -2.86. The summed E-state index contributed by atoms with van der Waals surface area (Å²) in [5.41, 5.74) is 8.69. The third-order valence-corrected chi connectivity index (χ3v) is 3.79. The minimum atomic E-state index is -0.465. The van der Waals surface area contributed by atoms with Crippen molar-refractivity contribution in [2.75, 3.05) is 11.9 Å². The predicted octanol–water partition coefficient (Wildman–Crippen LogP) is 1.98. The number of benzene rings is 2. The van der Waals surface area contributed by atoms with E-state index in [1.807, 2.05) is 36.4 Å². The van der Waals surface area contributed by atoms with Crippen LogP contribution in [-0.4, -0.2) is 33.2 Å². The summed E-state index contributed by atoms with van der Waals surface area (Å²) < 4.78 is 2.05. The predicted molar refractivity (Wildman–Crippen MR) is 94.0 cm³/mol. The SMILES string of the molecule is CC(O)CNc1nc2ccccc2n1Cc1ccc(C(N)=O)cc1. The van der Waals surface area contributed by atoms with Crippen molar-refractivity contribution < 1.29 is 9.90 Å². The van der Waals surface area contributed by atoms with Crippen molar-refractivity contribution in [3.8, 4) is 0 Å². The molecule has 0 spiro atoms. The number of nitrogens with two attached hydrogens (primary N) is 1. The molecule has 1 aromatic heterocycles. The second-order valence-corrected chi connectivity index (χ2v) is 5.80. The lowest BCUT2D eigenvalue weighted by molar-refractivity contribution is 0.100. The van der Waals surface area contributed by atoms with Gasteiger partial charge in [-0.3, -0.25) is 4.79 Å². The van der Waals surface area contributed by atoms with Crippen molar-refractivity contribution in [3.63, 3.8) is 0 Å². The number of para-hydroxylation sites is 2. The Balaban J connectivity index is 1.94. The molecule has 0 aliphatic carbocycles. The van der Waals surface area contributed by atoms with Crippen LogP contribution in [0.3, 0.4) is 0 Å². The van der Waals surface area contributed by atoms with E-state index in [0.29, 0.717) is 24.6 Å². The summed E-state index contributed by atoms with van der Waals surface area (Å²) in [5.74, 6) is 0.269.